The summed E-state index contributed by atoms with van der Waals surface area (Å²) in [5, 5.41) is 9.33. The molecule has 1 spiro atoms. The Bertz CT molecular complexity index is 903. The summed E-state index contributed by atoms with van der Waals surface area (Å²) in [7, 11) is 0. The van der Waals surface area contributed by atoms with E-state index in [-0.39, 0.29) is 5.91 Å². The fourth-order valence-electron chi connectivity index (χ4n) is 4.42. The number of nitrogens with zero attached hydrogens (tertiary/aromatic N) is 2. The summed E-state index contributed by atoms with van der Waals surface area (Å²) < 4.78 is 8.30. The van der Waals surface area contributed by atoms with Gasteiger partial charge in [0.1, 0.15) is 10.6 Å². The molecule has 1 N–H and O–H groups in total. The lowest BCUT2D eigenvalue weighted by atomic mass is 9.82. The quantitative estimate of drug-likeness (QED) is 0.879. The Balaban J connectivity index is 1.35. The van der Waals surface area contributed by atoms with Crippen molar-refractivity contribution in [3.8, 4) is 0 Å². The molecule has 2 aliphatic heterocycles. The number of aromatic carboxylic acids is 1. The number of carboxylic acid groups (broad SMARTS) is 1. The molecule has 0 bridgehead atoms. The van der Waals surface area contributed by atoms with E-state index in [0.29, 0.717) is 43.5 Å². The number of carboxylic acids is 1. The smallest absolute Gasteiger partial charge is 0.345 e. The molecule has 0 radical (unpaired) electrons. The predicted octanol–water partition coefficient (Wildman–Crippen LogP) is 3.29. The number of amides is 1. The maximum absolute atomic E-state index is 13.0. The number of piperidine rings is 1. The number of fused-ring (bicyclic) bond motifs is 2. The molecule has 2 fully saturated rings. The van der Waals surface area contributed by atoms with Crippen molar-refractivity contribution in [1.82, 2.24) is 9.47 Å². The van der Waals surface area contributed by atoms with Crippen LogP contribution in [0, 0.1) is 0 Å². The number of hydrogen-bond acceptors (Lipinski definition) is 4. The van der Waals surface area contributed by atoms with E-state index in [0.717, 1.165) is 35.4 Å². The highest BCUT2D eigenvalue weighted by atomic mass is 32.1. The summed E-state index contributed by atoms with van der Waals surface area (Å²) in [5.74, 6) is -0.785. The van der Waals surface area contributed by atoms with Gasteiger partial charge in [-0.25, -0.2) is 4.79 Å². The van der Waals surface area contributed by atoms with E-state index in [2.05, 4.69) is 4.57 Å². The van der Waals surface area contributed by atoms with Gasteiger partial charge in [-0.2, -0.15) is 0 Å². The Morgan fingerprint density at radius 3 is 2.74 bits per heavy atom. The minimum atomic E-state index is -0.877. The molecule has 0 unspecified atom stereocenters. The number of thiophene rings is 1. The topological polar surface area (TPSA) is 71.8 Å². The second-order valence-corrected chi connectivity index (χ2v) is 8.81. The van der Waals surface area contributed by atoms with Crippen molar-refractivity contribution in [2.75, 3.05) is 19.7 Å². The van der Waals surface area contributed by atoms with Crippen LogP contribution in [0.5, 0.6) is 0 Å². The van der Waals surface area contributed by atoms with Gasteiger partial charge in [0, 0.05) is 36.6 Å². The fourth-order valence-corrected chi connectivity index (χ4v) is 5.48. The maximum Gasteiger partial charge on any atom is 0.345 e. The number of likely N-dealkylation sites (tertiary alicyclic amines) is 1. The lowest BCUT2D eigenvalue weighted by Gasteiger charge is -2.44. The molecule has 5 rings (SSSR count). The number of carbonyl (C=O) groups excluding carboxylic acids is 1. The molecule has 0 atom stereocenters. The molecule has 1 aliphatic carbocycles. The van der Waals surface area contributed by atoms with E-state index in [4.69, 9.17) is 4.74 Å². The summed E-state index contributed by atoms with van der Waals surface area (Å²) in [4.78, 5) is 27.8. The van der Waals surface area contributed by atoms with Gasteiger partial charge >= 0.3 is 5.97 Å². The van der Waals surface area contributed by atoms with Crippen LogP contribution in [0.1, 0.15) is 62.3 Å². The van der Waals surface area contributed by atoms with Gasteiger partial charge in [-0.1, -0.05) is 0 Å². The SMILES string of the molecule is O=C(O)c1cc2c(s1)CCOC21CCN(C(=O)c2cccn2C2CC2)CC1. The number of carbonyl (C=O) groups is 2. The van der Waals surface area contributed by atoms with E-state index in [1.54, 1.807) is 6.07 Å². The van der Waals surface area contributed by atoms with E-state index in [1.165, 1.54) is 11.3 Å². The Hall–Kier alpha value is -2.12. The molecule has 6 nitrogen and oxygen atoms in total. The normalized spacial score (nSPS) is 21.3. The standard InChI is InChI=1S/C20H22N2O4S/c23-18(15-2-1-8-22(15)13-3-4-13)21-9-6-20(7-10-21)14-12-17(19(24)25)27-16(14)5-11-26-20/h1-2,8,12-13H,3-7,9-11H2,(H,24,25). The first kappa shape index (κ1) is 17.0. The van der Waals surface area contributed by atoms with Crippen molar-refractivity contribution in [3.05, 3.63) is 45.4 Å². The molecule has 0 aromatic carbocycles. The largest absolute Gasteiger partial charge is 0.477 e. The number of rotatable bonds is 3. The van der Waals surface area contributed by atoms with Crippen LogP contribution in [0.2, 0.25) is 0 Å². The molecule has 142 valence electrons. The zero-order valence-corrected chi connectivity index (χ0v) is 15.8. The van der Waals surface area contributed by atoms with Crippen LogP contribution in [0.3, 0.4) is 0 Å². The van der Waals surface area contributed by atoms with E-state index in [1.807, 2.05) is 23.2 Å². The Morgan fingerprint density at radius 2 is 2.04 bits per heavy atom. The minimum absolute atomic E-state index is 0.0920. The predicted molar refractivity (Wildman–Crippen MR) is 100 cm³/mol. The summed E-state index contributed by atoms with van der Waals surface area (Å²) in [6, 6.07) is 6.14. The van der Waals surface area contributed by atoms with Crippen LogP contribution in [-0.2, 0) is 16.8 Å². The maximum atomic E-state index is 13.0. The molecule has 3 aliphatic rings. The lowest BCUT2D eigenvalue weighted by Crippen LogP contribution is -2.48. The van der Waals surface area contributed by atoms with Crippen LogP contribution in [-0.4, -0.2) is 46.1 Å². The van der Waals surface area contributed by atoms with Crippen LogP contribution >= 0.6 is 11.3 Å². The molecule has 1 saturated heterocycles. The average Bonchev–Trinajstić information content (AvgIpc) is 3.21. The van der Waals surface area contributed by atoms with Gasteiger partial charge in [-0.15, -0.1) is 11.3 Å². The zero-order valence-electron chi connectivity index (χ0n) is 15.0. The third kappa shape index (κ3) is 2.80. The molecule has 4 heterocycles. The molecule has 2 aromatic rings. The molecule has 7 heteroatoms. The van der Waals surface area contributed by atoms with Crippen LogP contribution in [0.15, 0.2) is 24.4 Å². The first-order valence-electron chi connectivity index (χ1n) is 9.54. The first-order valence-corrected chi connectivity index (χ1v) is 10.4. The van der Waals surface area contributed by atoms with E-state index < -0.39 is 11.6 Å². The highest BCUT2D eigenvalue weighted by Gasteiger charge is 2.43. The monoisotopic (exact) mass is 386 g/mol. The second-order valence-electron chi connectivity index (χ2n) is 7.67. The van der Waals surface area contributed by atoms with Crippen molar-refractivity contribution in [2.45, 2.75) is 43.7 Å². The summed E-state index contributed by atoms with van der Waals surface area (Å²) in [6.07, 6.45) is 6.51. The molecule has 1 saturated carbocycles. The Labute approximate surface area is 161 Å². The fraction of sp³-hybridized carbons (Fsp3) is 0.500. The van der Waals surface area contributed by atoms with Crippen molar-refractivity contribution in [2.24, 2.45) is 0 Å². The van der Waals surface area contributed by atoms with Crippen molar-refractivity contribution in [3.63, 3.8) is 0 Å². The lowest BCUT2D eigenvalue weighted by molar-refractivity contribution is -0.0927. The third-order valence-corrected chi connectivity index (χ3v) is 7.20. The van der Waals surface area contributed by atoms with E-state index in [9.17, 15) is 14.7 Å². The Kier molecular flexibility index (Phi) is 3.91. The van der Waals surface area contributed by atoms with Gasteiger partial charge in [0.2, 0.25) is 0 Å². The van der Waals surface area contributed by atoms with Gasteiger partial charge in [-0.05, 0) is 49.4 Å². The molecule has 27 heavy (non-hydrogen) atoms. The second kappa shape index (κ2) is 6.21. The van der Waals surface area contributed by atoms with Gasteiger partial charge in [0.05, 0.1) is 12.2 Å². The van der Waals surface area contributed by atoms with Crippen molar-refractivity contribution in [1.29, 1.82) is 0 Å². The molecule has 1 amide bonds. The minimum Gasteiger partial charge on any atom is -0.477 e. The summed E-state index contributed by atoms with van der Waals surface area (Å²) in [6.45, 7) is 1.88. The van der Waals surface area contributed by atoms with Crippen LogP contribution in [0.25, 0.3) is 0 Å². The van der Waals surface area contributed by atoms with Gasteiger partial charge in [0.15, 0.2) is 0 Å². The molecular formula is C20H22N2O4S. The highest BCUT2D eigenvalue weighted by Crippen LogP contribution is 2.45. The third-order valence-electron chi connectivity index (χ3n) is 6.01. The van der Waals surface area contributed by atoms with Crippen molar-refractivity contribution < 1.29 is 19.4 Å². The molecular weight excluding hydrogens is 364 g/mol. The molecule has 2 aromatic heterocycles. The average molecular weight is 386 g/mol. The van der Waals surface area contributed by atoms with Gasteiger partial charge < -0.3 is 19.3 Å². The highest BCUT2D eigenvalue weighted by molar-refractivity contribution is 7.14. The van der Waals surface area contributed by atoms with Crippen LogP contribution < -0.4 is 0 Å². The van der Waals surface area contributed by atoms with Crippen LogP contribution in [0.4, 0.5) is 0 Å². The van der Waals surface area contributed by atoms with Gasteiger partial charge in [0.25, 0.3) is 5.91 Å². The number of aromatic nitrogens is 1. The van der Waals surface area contributed by atoms with Gasteiger partial charge in [-0.3, -0.25) is 4.79 Å². The first-order chi connectivity index (χ1) is 13.1. The Morgan fingerprint density at radius 1 is 1.26 bits per heavy atom. The summed E-state index contributed by atoms with van der Waals surface area (Å²) >= 11 is 1.36. The number of ether oxygens (including phenoxy) is 1. The zero-order chi connectivity index (χ0) is 18.6. The number of hydrogen-bond donors (Lipinski definition) is 1. The summed E-state index contributed by atoms with van der Waals surface area (Å²) in [5.41, 5.74) is 1.37. The van der Waals surface area contributed by atoms with Crippen molar-refractivity contribution >= 4 is 23.2 Å². The van der Waals surface area contributed by atoms with E-state index >= 15 is 0 Å².